The number of benzene rings is 1. The Hall–Kier alpha value is -3.87. The number of aromatic nitrogens is 4. The van der Waals surface area contributed by atoms with E-state index in [9.17, 15) is 0 Å². The molecule has 2 N–H and O–H groups in total. The molecule has 1 aromatic carbocycles. The fourth-order valence-corrected chi connectivity index (χ4v) is 7.19. The first kappa shape index (κ1) is 39.3. The summed E-state index contributed by atoms with van der Waals surface area (Å²) in [5.74, 6) is -4.37. The number of hydrogen-bond donors (Lipinski definition) is 2. The van der Waals surface area contributed by atoms with Crippen molar-refractivity contribution in [2.75, 3.05) is 28.4 Å². The van der Waals surface area contributed by atoms with Gasteiger partial charge in [0.25, 0.3) is 0 Å². The van der Waals surface area contributed by atoms with Gasteiger partial charge in [-0.2, -0.15) is 0 Å². The van der Waals surface area contributed by atoms with Gasteiger partial charge in [-0.15, -0.1) is 0 Å². The Bertz CT molecular complexity index is 1700. The monoisotopic (exact) mass is 773 g/mol. The predicted octanol–water partition coefficient (Wildman–Crippen LogP) is 2.38. The Balaban J connectivity index is 0.000000289. The summed E-state index contributed by atoms with van der Waals surface area (Å²) in [6, 6.07) is 25.8. The molecular weight excluding hydrogens is 742 g/mol. The van der Waals surface area contributed by atoms with Gasteiger partial charge in [-0.1, -0.05) is 0 Å². The number of hydrogen-bond acceptors (Lipinski definition) is 10. The van der Waals surface area contributed by atoms with E-state index in [1.165, 1.54) is 28.4 Å². The molecule has 0 unspecified atom stereocenters. The van der Waals surface area contributed by atoms with E-state index in [0.29, 0.717) is 0 Å². The van der Waals surface area contributed by atoms with Gasteiger partial charge in [0.05, 0.1) is 34.7 Å². The van der Waals surface area contributed by atoms with Crippen molar-refractivity contribution >= 4 is 62.8 Å². The summed E-state index contributed by atoms with van der Waals surface area (Å²) in [4.78, 5) is 33.9. The molecule has 0 fully saturated rings. The van der Waals surface area contributed by atoms with E-state index in [1.54, 1.807) is 0 Å². The molecule has 253 valence electrons. The summed E-state index contributed by atoms with van der Waals surface area (Å²) in [6.45, 7) is 0. The molecule has 3 aromatic heterocycles. The van der Waals surface area contributed by atoms with Gasteiger partial charge in [0, 0.05) is 22.1 Å². The summed E-state index contributed by atoms with van der Waals surface area (Å²) in [7, 11) is 6.08. The number of rotatable bonds is 5. The standard InChI is InChI=1S/C20H14N4.C6H5.C2H2O4.4CH3O.2Co.Fe/c1-2-14-10-16-5-6-18(23-16)12-20-8-7-19(24-20)11-17-4-3-15(22-17)9-13(1)21-14;1-2-4-6-5-3-1;3-1(4)2(5)6;4*1-2;;;/h1-12,21,24H;1-5H;(H,3,4)(H,5,6);4*1H3;;;/q;;;4*-1;3*+2/p-2. The molecule has 6 rings (SSSR count). The van der Waals surface area contributed by atoms with E-state index in [4.69, 9.17) is 35.1 Å². The molecule has 0 spiro atoms. The van der Waals surface area contributed by atoms with Gasteiger partial charge in [0.1, 0.15) is 0 Å². The Morgan fingerprint density at radius 2 is 0.851 bits per heavy atom. The number of aliphatic carboxylic acids is 2. The average molecular weight is 773 g/mol. The number of carbonyl (C=O) groups is 2. The summed E-state index contributed by atoms with van der Waals surface area (Å²) in [5, 5.41) is 17.9. The number of nitrogens with zero attached hydrogens (tertiary/aromatic N) is 2. The summed E-state index contributed by atoms with van der Waals surface area (Å²) in [5.41, 5.74) is 7.86. The van der Waals surface area contributed by atoms with Crippen molar-refractivity contribution in [3.05, 3.63) is 102 Å². The molecule has 0 aliphatic carbocycles. The first-order valence-electron chi connectivity index (χ1n) is 13.2. The van der Waals surface area contributed by atoms with Crippen LogP contribution in [0.3, 0.4) is 0 Å². The van der Waals surface area contributed by atoms with Crippen LogP contribution in [0.15, 0.2) is 78.9 Å². The second-order valence-corrected chi connectivity index (χ2v) is 13.4. The third-order valence-corrected chi connectivity index (χ3v) is 10.8. The Morgan fingerprint density at radius 3 is 1.11 bits per heavy atom. The number of H-pyrrole nitrogens is 2. The van der Waals surface area contributed by atoms with Crippen LogP contribution >= 0.6 is 0 Å². The molecule has 0 saturated heterocycles. The van der Waals surface area contributed by atoms with Crippen molar-refractivity contribution in [2.45, 2.75) is 0 Å². The van der Waals surface area contributed by atoms with Gasteiger partial charge in [0.2, 0.25) is 0 Å². The van der Waals surface area contributed by atoms with E-state index < -0.39 is 25.0 Å². The molecule has 12 nitrogen and oxygen atoms in total. The maximum absolute atomic E-state index is 8.93. The van der Waals surface area contributed by atoms with Crippen molar-refractivity contribution in [3.8, 4) is 0 Å². The van der Waals surface area contributed by atoms with E-state index in [0.717, 1.165) is 49.3 Å². The minimum Gasteiger partial charge on any atom is -0.543 e. The molecule has 0 saturated carbocycles. The van der Waals surface area contributed by atoms with E-state index >= 15 is 0 Å². The second kappa shape index (κ2) is 17.3. The molecule has 2 aliphatic rings. The largest absolute Gasteiger partial charge is 2.00 e. The van der Waals surface area contributed by atoms with Crippen LogP contribution < -0.4 is 14.7 Å². The number of fused-ring (bicyclic) bond motifs is 8. The topological polar surface area (TPSA) is 175 Å². The van der Waals surface area contributed by atoms with Gasteiger partial charge in [-0.25, -0.2) is 9.97 Å². The normalized spacial score (nSPS) is 12.0. The Kier molecular flexibility index (Phi) is 14.5. The summed E-state index contributed by atoms with van der Waals surface area (Å²) in [6.07, 6.45) is 8.09. The third kappa shape index (κ3) is 9.59. The molecule has 15 heteroatoms. The average Bonchev–Trinajstić information content (AvgIpc) is 3.87. The van der Waals surface area contributed by atoms with Crippen LogP contribution in [0.5, 0.6) is 0 Å². The minimum absolute atomic E-state index is 0. The van der Waals surface area contributed by atoms with E-state index in [2.05, 4.69) is 44.2 Å². The van der Waals surface area contributed by atoms with Gasteiger partial charge in [-0.3, -0.25) is 0 Å². The SMILES string of the molecule is C1=Cc2cc3ccc(cc4nc(cc5ccc(cc1n2)[nH]5)C=C4)[nH]3.C[O][Fe-2]([O]C)([O]C)([O]C)[c]1ccccc1.O=C([O-])C(=O)[O-].[Co+2].[Co+2]. The van der Waals surface area contributed by atoms with Crippen LogP contribution in [-0.2, 0) is 71.5 Å². The third-order valence-electron chi connectivity index (χ3n) is 6.26. The number of carbonyl (C=O) groups excluding carboxylic acids is 2. The van der Waals surface area contributed by atoms with Gasteiger partial charge in [-0.05, 0) is 72.8 Å². The van der Waals surface area contributed by atoms with Crippen molar-refractivity contribution in [1.82, 2.24) is 19.9 Å². The Morgan fingerprint density at radius 1 is 0.553 bits per heavy atom. The molecule has 0 amide bonds. The molecule has 47 heavy (non-hydrogen) atoms. The number of nitrogens with one attached hydrogen (secondary N) is 2. The molecule has 2 aliphatic heterocycles. The van der Waals surface area contributed by atoms with Crippen molar-refractivity contribution in [2.24, 2.45) is 0 Å². The van der Waals surface area contributed by atoms with Crippen LogP contribution in [0.2, 0.25) is 0 Å². The molecule has 4 aromatic rings. The van der Waals surface area contributed by atoms with Crippen LogP contribution in [0, 0.1) is 0 Å². The number of carboxylic acid groups (broad SMARTS) is 2. The van der Waals surface area contributed by atoms with Crippen molar-refractivity contribution in [3.63, 3.8) is 0 Å². The first-order chi connectivity index (χ1) is 21.6. The number of aromatic amines is 2. The fraction of sp³-hybridized carbons (Fsp3) is 0.125. The zero-order valence-corrected chi connectivity index (χ0v) is 28.7. The van der Waals surface area contributed by atoms with Crippen molar-refractivity contribution < 1.29 is 81.7 Å². The smallest absolute Gasteiger partial charge is 0.543 e. The zero-order valence-electron chi connectivity index (χ0n) is 25.5. The molecule has 0 atom stereocenters. The summed E-state index contributed by atoms with van der Waals surface area (Å²) < 4.78 is 22.5. The number of carboxylic acids is 2. The first-order valence-corrected chi connectivity index (χ1v) is 15.6. The molecule has 8 bridgehead atoms. The van der Waals surface area contributed by atoms with Crippen LogP contribution in [-0.4, -0.2) is 60.3 Å². The molecule has 2 radical (unpaired) electrons. The fourth-order valence-electron chi connectivity index (χ4n) is 4.23. The van der Waals surface area contributed by atoms with Crippen LogP contribution in [0.4, 0.5) is 0 Å². The summed E-state index contributed by atoms with van der Waals surface area (Å²) >= 11 is -3.73. The quantitative estimate of drug-likeness (QED) is 0.196. The van der Waals surface area contributed by atoms with E-state index in [-0.39, 0.29) is 33.6 Å². The predicted molar refractivity (Wildman–Crippen MR) is 163 cm³/mol. The Labute approximate surface area is 293 Å². The maximum Gasteiger partial charge on any atom is 2.00 e. The van der Waals surface area contributed by atoms with Gasteiger partial charge < -0.3 is 29.8 Å². The second-order valence-electron chi connectivity index (χ2n) is 8.98. The van der Waals surface area contributed by atoms with Crippen LogP contribution in [0.25, 0.3) is 46.4 Å². The maximum atomic E-state index is 8.93. The van der Waals surface area contributed by atoms with E-state index in [1.807, 2.05) is 78.9 Å². The van der Waals surface area contributed by atoms with Gasteiger partial charge >= 0.3 is 125 Å². The minimum atomic E-state index is -3.73. The molecular formula is C32H31Co2FeN4O8. The zero-order chi connectivity index (χ0) is 32.5. The van der Waals surface area contributed by atoms with Gasteiger partial charge in [0.15, 0.2) is 0 Å². The van der Waals surface area contributed by atoms with Crippen LogP contribution in [0.1, 0.15) is 22.8 Å². The molecule has 5 heterocycles. The van der Waals surface area contributed by atoms with Crippen molar-refractivity contribution in [1.29, 1.82) is 0 Å².